The molecule has 0 heterocycles. The van der Waals surface area contributed by atoms with Gasteiger partial charge in [0.1, 0.15) is 0 Å². The number of allylic oxidation sites excluding steroid dienone is 1. The van der Waals surface area contributed by atoms with E-state index >= 15 is 0 Å². The Balaban J connectivity index is 2.39. The van der Waals surface area contributed by atoms with Gasteiger partial charge in [-0.2, -0.15) is 0 Å². The minimum Gasteiger partial charge on any atom is -0.402 e. The Labute approximate surface area is 68.4 Å². The van der Waals surface area contributed by atoms with E-state index in [1.165, 1.54) is 19.3 Å². The molecule has 0 aliphatic heterocycles. The first-order valence-corrected chi connectivity index (χ1v) is 4.21. The Morgan fingerprint density at radius 1 is 1.55 bits per heavy atom. The number of hydrogen-bond donors (Lipinski definition) is 1. The molecule has 0 aromatic heterocycles. The van der Waals surface area contributed by atoms with Crippen molar-refractivity contribution in [2.45, 2.75) is 31.8 Å². The summed E-state index contributed by atoms with van der Waals surface area (Å²) in [5, 5.41) is 0. The van der Waals surface area contributed by atoms with Crippen LogP contribution in [0.3, 0.4) is 0 Å². The molecule has 0 bridgehead atoms. The molecule has 0 amide bonds. The van der Waals surface area contributed by atoms with Gasteiger partial charge in [-0.25, -0.2) is 0 Å². The normalized spacial score (nSPS) is 31.7. The third kappa shape index (κ3) is 2.22. The van der Waals surface area contributed by atoms with Gasteiger partial charge in [0, 0.05) is 18.7 Å². The molecule has 0 aromatic rings. The van der Waals surface area contributed by atoms with Gasteiger partial charge in [0.2, 0.25) is 0 Å². The summed E-state index contributed by atoms with van der Waals surface area (Å²) in [6.45, 7) is 3.77. The molecule has 0 spiro atoms. The Hall–Kier alpha value is -0.500. The lowest BCUT2D eigenvalue weighted by Crippen LogP contribution is -2.24. The quantitative estimate of drug-likeness (QED) is 0.658. The maximum atomic E-state index is 5.63. The van der Waals surface area contributed by atoms with E-state index in [1.807, 2.05) is 0 Å². The van der Waals surface area contributed by atoms with Crippen LogP contribution in [-0.4, -0.2) is 13.2 Å². The van der Waals surface area contributed by atoms with Gasteiger partial charge in [0.25, 0.3) is 0 Å². The van der Waals surface area contributed by atoms with Crippen LogP contribution in [0.4, 0.5) is 0 Å². The molecule has 2 N–H and O–H groups in total. The fourth-order valence-electron chi connectivity index (χ4n) is 1.70. The summed E-state index contributed by atoms with van der Waals surface area (Å²) in [6, 6.07) is 0. The second-order valence-electron chi connectivity index (χ2n) is 3.30. The zero-order valence-corrected chi connectivity index (χ0v) is 7.18. The maximum Gasteiger partial charge on any atom is 0.0577 e. The van der Waals surface area contributed by atoms with Gasteiger partial charge in [0.05, 0.1) is 6.10 Å². The van der Waals surface area contributed by atoms with Crippen LogP contribution in [0.1, 0.15) is 25.7 Å². The van der Waals surface area contributed by atoms with Crippen LogP contribution >= 0.6 is 0 Å². The first kappa shape index (κ1) is 8.60. The van der Waals surface area contributed by atoms with Crippen molar-refractivity contribution in [2.75, 3.05) is 7.11 Å². The van der Waals surface area contributed by atoms with E-state index in [1.54, 1.807) is 7.11 Å². The molecule has 1 aliphatic rings. The average molecular weight is 155 g/mol. The lowest BCUT2D eigenvalue weighted by molar-refractivity contribution is 0.0569. The van der Waals surface area contributed by atoms with Crippen molar-refractivity contribution in [3.8, 4) is 0 Å². The molecule has 1 rings (SSSR count). The summed E-state index contributed by atoms with van der Waals surface area (Å²) in [6.07, 6.45) is 5.06. The predicted molar refractivity (Wildman–Crippen MR) is 46.1 cm³/mol. The van der Waals surface area contributed by atoms with Crippen molar-refractivity contribution >= 4 is 0 Å². The van der Waals surface area contributed by atoms with Gasteiger partial charge in [-0.3, -0.25) is 0 Å². The van der Waals surface area contributed by atoms with Crippen molar-refractivity contribution in [3.63, 3.8) is 0 Å². The third-order valence-electron chi connectivity index (χ3n) is 2.48. The molecule has 0 aromatic carbocycles. The number of methoxy groups -OCH3 is 1. The summed E-state index contributed by atoms with van der Waals surface area (Å²) < 4.78 is 5.27. The predicted octanol–water partition coefficient (Wildman–Crippen LogP) is 1.66. The van der Waals surface area contributed by atoms with E-state index in [0.29, 0.717) is 12.0 Å². The van der Waals surface area contributed by atoms with E-state index in [4.69, 9.17) is 10.5 Å². The maximum absolute atomic E-state index is 5.63. The lowest BCUT2D eigenvalue weighted by atomic mass is 9.85. The zero-order valence-electron chi connectivity index (χ0n) is 7.18. The minimum absolute atomic E-state index is 0.411. The molecule has 1 saturated carbocycles. The fourth-order valence-corrected chi connectivity index (χ4v) is 1.70. The van der Waals surface area contributed by atoms with Crippen molar-refractivity contribution in [2.24, 2.45) is 11.7 Å². The molecule has 0 radical (unpaired) electrons. The van der Waals surface area contributed by atoms with Crippen LogP contribution in [0.15, 0.2) is 12.3 Å². The molecule has 2 atom stereocenters. The average Bonchev–Trinajstić information content (AvgIpc) is 2.05. The molecule has 2 heteroatoms. The Morgan fingerprint density at radius 3 is 2.82 bits per heavy atom. The summed E-state index contributed by atoms with van der Waals surface area (Å²) in [4.78, 5) is 0. The standard InChI is InChI=1S/C9H17NO/c1-7(10)8-4-3-5-9(6-8)11-2/h8-9H,1,3-6,10H2,2H3. The second-order valence-corrected chi connectivity index (χ2v) is 3.30. The number of hydrogen-bond acceptors (Lipinski definition) is 2. The monoisotopic (exact) mass is 155 g/mol. The minimum atomic E-state index is 0.411. The SMILES string of the molecule is C=C(N)C1CCCC(OC)C1. The Morgan fingerprint density at radius 2 is 2.27 bits per heavy atom. The molecule has 2 nitrogen and oxygen atoms in total. The van der Waals surface area contributed by atoms with Crippen LogP contribution in [0, 0.1) is 5.92 Å². The highest BCUT2D eigenvalue weighted by Gasteiger charge is 2.22. The van der Waals surface area contributed by atoms with Crippen LogP contribution in [0.25, 0.3) is 0 Å². The number of ether oxygens (including phenoxy) is 1. The van der Waals surface area contributed by atoms with Gasteiger partial charge in [0.15, 0.2) is 0 Å². The Bertz CT molecular complexity index is 144. The highest BCUT2D eigenvalue weighted by atomic mass is 16.5. The van der Waals surface area contributed by atoms with E-state index in [2.05, 4.69) is 6.58 Å². The molecular formula is C9H17NO. The largest absolute Gasteiger partial charge is 0.402 e. The lowest BCUT2D eigenvalue weighted by Gasteiger charge is -2.27. The molecule has 64 valence electrons. The molecule has 2 unspecified atom stereocenters. The van der Waals surface area contributed by atoms with Crippen molar-refractivity contribution < 1.29 is 4.74 Å². The van der Waals surface area contributed by atoms with Gasteiger partial charge < -0.3 is 10.5 Å². The van der Waals surface area contributed by atoms with E-state index in [9.17, 15) is 0 Å². The first-order chi connectivity index (χ1) is 5.24. The number of nitrogens with two attached hydrogens (primary N) is 1. The van der Waals surface area contributed by atoms with Crippen molar-refractivity contribution in [3.05, 3.63) is 12.3 Å². The van der Waals surface area contributed by atoms with E-state index < -0.39 is 0 Å². The third-order valence-corrected chi connectivity index (χ3v) is 2.48. The highest BCUT2D eigenvalue weighted by molar-refractivity contribution is 4.97. The molecule has 11 heavy (non-hydrogen) atoms. The molecule has 0 saturated heterocycles. The van der Waals surface area contributed by atoms with Gasteiger partial charge >= 0.3 is 0 Å². The highest BCUT2D eigenvalue weighted by Crippen LogP contribution is 2.28. The van der Waals surface area contributed by atoms with E-state index in [-0.39, 0.29) is 0 Å². The van der Waals surface area contributed by atoms with Crippen molar-refractivity contribution in [1.82, 2.24) is 0 Å². The van der Waals surface area contributed by atoms with Gasteiger partial charge in [-0.05, 0) is 19.3 Å². The van der Waals surface area contributed by atoms with Crippen LogP contribution in [-0.2, 0) is 4.74 Å². The van der Waals surface area contributed by atoms with Crippen LogP contribution in [0.5, 0.6) is 0 Å². The van der Waals surface area contributed by atoms with E-state index in [0.717, 1.165) is 12.1 Å². The Kier molecular flexibility index (Phi) is 2.94. The summed E-state index contributed by atoms with van der Waals surface area (Å²) >= 11 is 0. The molecule has 1 fully saturated rings. The molecular weight excluding hydrogens is 138 g/mol. The smallest absolute Gasteiger partial charge is 0.0577 e. The molecule has 1 aliphatic carbocycles. The summed E-state index contributed by atoms with van der Waals surface area (Å²) in [7, 11) is 1.77. The summed E-state index contributed by atoms with van der Waals surface area (Å²) in [5.74, 6) is 0.494. The van der Waals surface area contributed by atoms with Crippen LogP contribution < -0.4 is 5.73 Å². The topological polar surface area (TPSA) is 35.2 Å². The van der Waals surface area contributed by atoms with Gasteiger partial charge in [-0.1, -0.05) is 13.0 Å². The van der Waals surface area contributed by atoms with Crippen molar-refractivity contribution in [1.29, 1.82) is 0 Å². The number of rotatable bonds is 2. The zero-order chi connectivity index (χ0) is 8.27. The second kappa shape index (κ2) is 3.77. The first-order valence-electron chi connectivity index (χ1n) is 4.21. The summed E-state index contributed by atoms with van der Waals surface area (Å²) in [5.41, 5.74) is 6.46. The van der Waals surface area contributed by atoms with Gasteiger partial charge in [-0.15, -0.1) is 0 Å². The fraction of sp³-hybridized carbons (Fsp3) is 0.778. The van der Waals surface area contributed by atoms with Crippen LogP contribution in [0.2, 0.25) is 0 Å².